The van der Waals surface area contributed by atoms with Crippen LogP contribution < -0.4 is 5.56 Å². The Morgan fingerprint density at radius 3 is 2.69 bits per heavy atom. The van der Waals surface area contributed by atoms with E-state index < -0.39 is 4.92 Å². The topological polar surface area (TPSA) is 65.1 Å². The Morgan fingerprint density at radius 2 is 2.06 bits per heavy atom. The fourth-order valence-corrected chi connectivity index (χ4v) is 1.75. The van der Waals surface area contributed by atoms with Gasteiger partial charge in [-0.15, -0.1) is 0 Å². The average Bonchev–Trinajstić information content (AvgIpc) is 2.26. The summed E-state index contributed by atoms with van der Waals surface area (Å²) in [4.78, 5) is 21.4. The van der Waals surface area contributed by atoms with Gasteiger partial charge in [-0.05, 0) is 12.8 Å². The van der Waals surface area contributed by atoms with Gasteiger partial charge >= 0.3 is 0 Å². The van der Waals surface area contributed by atoms with Crippen molar-refractivity contribution < 1.29 is 4.92 Å². The SMILES string of the molecule is O=c1ccc([N+](=O)[O-])cn1CCCCCBr. The van der Waals surface area contributed by atoms with E-state index in [1.165, 1.54) is 22.9 Å². The van der Waals surface area contributed by atoms with Crippen LogP contribution in [0.1, 0.15) is 19.3 Å². The molecule has 16 heavy (non-hydrogen) atoms. The van der Waals surface area contributed by atoms with Crippen molar-refractivity contribution in [2.75, 3.05) is 5.33 Å². The summed E-state index contributed by atoms with van der Waals surface area (Å²) in [6.07, 6.45) is 4.20. The molecule has 0 aromatic carbocycles. The molecule has 0 bridgehead atoms. The summed E-state index contributed by atoms with van der Waals surface area (Å²) in [5, 5.41) is 11.5. The molecule has 1 heterocycles. The first kappa shape index (κ1) is 12.9. The quantitative estimate of drug-likeness (QED) is 0.349. The maximum Gasteiger partial charge on any atom is 0.285 e. The number of aromatic nitrogens is 1. The number of aryl methyl sites for hydroxylation is 1. The lowest BCUT2D eigenvalue weighted by Gasteiger charge is -2.04. The molecule has 0 unspecified atom stereocenters. The summed E-state index contributed by atoms with van der Waals surface area (Å²) < 4.78 is 1.40. The molecule has 0 aliphatic carbocycles. The second-order valence-electron chi connectivity index (χ2n) is 3.43. The van der Waals surface area contributed by atoms with E-state index in [9.17, 15) is 14.9 Å². The third kappa shape index (κ3) is 3.77. The smallest absolute Gasteiger partial charge is 0.285 e. The monoisotopic (exact) mass is 288 g/mol. The number of alkyl halides is 1. The molecule has 88 valence electrons. The zero-order chi connectivity index (χ0) is 12.0. The van der Waals surface area contributed by atoms with E-state index in [1.54, 1.807) is 0 Å². The van der Waals surface area contributed by atoms with Crippen LogP contribution in [0, 0.1) is 10.1 Å². The predicted octanol–water partition coefficient (Wildman–Crippen LogP) is 2.32. The fraction of sp³-hybridized carbons (Fsp3) is 0.500. The number of hydrogen-bond donors (Lipinski definition) is 0. The van der Waals surface area contributed by atoms with Gasteiger partial charge in [0.25, 0.3) is 11.2 Å². The van der Waals surface area contributed by atoms with E-state index in [1.807, 2.05) is 0 Å². The molecule has 0 atom stereocenters. The highest BCUT2D eigenvalue weighted by molar-refractivity contribution is 9.09. The lowest BCUT2D eigenvalue weighted by atomic mass is 10.2. The van der Waals surface area contributed by atoms with Gasteiger partial charge in [-0.1, -0.05) is 22.4 Å². The number of rotatable bonds is 6. The van der Waals surface area contributed by atoms with Gasteiger partial charge in [0.2, 0.25) is 0 Å². The summed E-state index contributed by atoms with van der Waals surface area (Å²) in [6.45, 7) is 0.535. The van der Waals surface area contributed by atoms with Crippen LogP contribution in [0.25, 0.3) is 0 Å². The molecule has 1 rings (SSSR count). The third-order valence-electron chi connectivity index (χ3n) is 2.21. The van der Waals surface area contributed by atoms with Crippen molar-refractivity contribution in [3.05, 3.63) is 38.8 Å². The second kappa shape index (κ2) is 6.42. The van der Waals surface area contributed by atoms with Crippen LogP contribution in [-0.2, 0) is 6.54 Å². The van der Waals surface area contributed by atoms with E-state index in [0.29, 0.717) is 6.54 Å². The third-order valence-corrected chi connectivity index (χ3v) is 2.77. The van der Waals surface area contributed by atoms with Gasteiger partial charge in [-0.25, -0.2) is 0 Å². The second-order valence-corrected chi connectivity index (χ2v) is 4.22. The van der Waals surface area contributed by atoms with Crippen LogP contribution >= 0.6 is 15.9 Å². The van der Waals surface area contributed by atoms with Crippen LogP contribution in [-0.4, -0.2) is 14.8 Å². The minimum Gasteiger partial charge on any atom is -0.309 e. The van der Waals surface area contributed by atoms with Gasteiger partial charge in [0, 0.05) is 24.0 Å². The first-order valence-corrected chi connectivity index (χ1v) is 6.18. The molecule has 0 N–H and O–H groups in total. The summed E-state index contributed by atoms with van der Waals surface area (Å²) in [6, 6.07) is 2.47. The van der Waals surface area contributed by atoms with E-state index >= 15 is 0 Å². The Bertz CT molecular complexity index is 417. The Labute approximate surface area is 101 Å². The minimum atomic E-state index is -0.492. The van der Waals surface area contributed by atoms with Crippen molar-refractivity contribution in [3.8, 4) is 0 Å². The van der Waals surface area contributed by atoms with Gasteiger partial charge in [-0.3, -0.25) is 14.9 Å². The number of nitrogens with zero attached hydrogens (tertiary/aromatic N) is 2. The number of pyridine rings is 1. The van der Waals surface area contributed by atoms with E-state index in [2.05, 4.69) is 15.9 Å². The average molecular weight is 289 g/mol. The van der Waals surface area contributed by atoms with Crippen LogP contribution in [0.15, 0.2) is 23.1 Å². The normalized spacial score (nSPS) is 10.3. The highest BCUT2D eigenvalue weighted by atomic mass is 79.9. The Balaban J connectivity index is 2.67. The lowest BCUT2D eigenvalue weighted by molar-refractivity contribution is -0.385. The largest absolute Gasteiger partial charge is 0.309 e. The zero-order valence-electron chi connectivity index (χ0n) is 8.76. The number of hydrogen-bond acceptors (Lipinski definition) is 3. The van der Waals surface area contributed by atoms with Crippen LogP contribution in [0.5, 0.6) is 0 Å². The Morgan fingerprint density at radius 1 is 1.31 bits per heavy atom. The maximum absolute atomic E-state index is 11.4. The molecular formula is C10H13BrN2O3. The molecule has 0 fully saturated rings. The first-order valence-electron chi connectivity index (χ1n) is 5.06. The molecule has 1 aromatic heterocycles. The molecule has 0 amide bonds. The molecule has 1 aromatic rings. The van der Waals surface area contributed by atoms with E-state index in [4.69, 9.17) is 0 Å². The van der Waals surface area contributed by atoms with Crippen molar-refractivity contribution in [2.45, 2.75) is 25.8 Å². The van der Waals surface area contributed by atoms with Crippen molar-refractivity contribution in [1.29, 1.82) is 0 Å². The minimum absolute atomic E-state index is 0.0416. The summed E-state index contributed by atoms with van der Waals surface area (Å²) in [7, 11) is 0. The van der Waals surface area contributed by atoms with Gasteiger partial charge in [0.15, 0.2) is 0 Å². The van der Waals surface area contributed by atoms with Crippen molar-refractivity contribution in [3.63, 3.8) is 0 Å². The molecular weight excluding hydrogens is 276 g/mol. The van der Waals surface area contributed by atoms with Crippen LogP contribution in [0.2, 0.25) is 0 Å². The molecule has 6 heteroatoms. The molecule has 5 nitrogen and oxygen atoms in total. The van der Waals surface area contributed by atoms with Gasteiger partial charge in [-0.2, -0.15) is 0 Å². The van der Waals surface area contributed by atoms with E-state index in [-0.39, 0.29) is 11.2 Å². The van der Waals surface area contributed by atoms with Crippen LogP contribution in [0.4, 0.5) is 5.69 Å². The van der Waals surface area contributed by atoms with Crippen molar-refractivity contribution in [2.24, 2.45) is 0 Å². The fourth-order valence-electron chi connectivity index (χ4n) is 1.35. The predicted molar refractivity (Wildman–Crippen MR) is 65.0 cm³/mol. The number of nitro groups is 1. The number of halogens is 1. The van der Waals surface area contributed by atoms with Gasteiger partial charge in [0.05, 0.1) is 11.1 Å². The van der Waals surface area contributed by atoms with Gasteiger partial charge in [0.1, 0.15) is 0 Å². The Kier molecular flexibility index (Phi) is 5.18. The van der Waals surface area contributed by atoms with Crippen molar-refractivity contribution >= 4 is 21.6 Å². The molecule has 0 spiro atoms. The van der Waals surface area contributed by atoms with Crippen LogP contribution in [0.3, 0.4) is 0 Å². The summed E-state index contributed by atoms with van der Waals surface area (Å²) >= 11 is 3.32. The maximum atomic E-state index is 11.4. The zero-order valence-corrected chi connectivity index (χ0v) is 10.4. The summed E-state index contributed by atoms with van der Waals surface area (Å²) in [5.74, 6) is 0. The molecule has 0 saturated heterocycles. The molecule has 0 saturated carbocycles. The van der Waals surface area contributed by atoms with E-state index in [0.717, 1.165) is 24.6 Å². The molecule has 0 aliphatic rings. The van der Waals surface area contributed by atoms with Gasteiger partial charge < -0.3 is 4.57 Å². The van der Waals surface area contributed by atoms with Crippen molar-refractivity contribution in [1.82, 2.24) is 4.57 Å². The lowest BCUT2D eigenvalue weighted by Crippen LogP contribution is -2.18. The Hall–Kier alpha value is -1.17. The highest BCUT2D eigenvalue weighted by Gasteiger charge is 2.06. The first-order chi connectivity index (χ1) is 7.65. The standard InChI is InChI=1S/C10H13BrN2O3/c11-6-2-1-3-7-12-8-9(13(15)16)4-5-10(12)14/h4-5,8H,1-3,6-7H2. The highest BCUT2D eigenvalue weighted by Crippen LogP contribution is 2.07. The number of unbranched alkanes of at least 4 members (excludes halogenated alkanes) is 2. The summed E-state index contributed by atoms with van der Waals surface area (Å²) in [5.41, 5.74) is -0.232. The molecule has 0 radical (unpaired) electrons. The molecule has 0 aliphatic heterocycles.